The maximum atomic E-state index is 5.89. The van der Waals surface area contributed by atoms with Crippen LogP contribution in [-0.4, -0.2) is 81.3 Å². The van der Waals surface area contributed by atoms with Gasteiger partial charge in [-0.15, -0.1) is 0 Å². The third-order valence-corrected chi connectivity index (χ3v) is 3.91. The van der Waals surface area contributed by atoms with Gasteiger partial charge in [-0.3, -0.25) is 9.89 Å². The van der Waals surface area contributed by atoms with Gasteiger partial charge in [0.15, 0.2) is 5.96 Å². The molecular weight excluding hydrogens is 254 g/mol. The van der Waals surface area contributed by atoms with Gasteiger partial charge in [0.25, 0.3) is 0 Å². The molecule has 1 rings (SSSR count). The Hall–Kier alpha value is -0.850. The molecule has 6 heteroatoms. The first-order chi connectivity index (χ1) is 9.42. The maximum Gasteiger partial charge on any atom is 0.188 e. The van der Waals surface area contributed by atoms with Gasteiger partial charge in [-0.1, -0.05) is 0 Å². The van der Waals surface area contributed by atoms with Crippen LogP contribution in [0.4, 0.5) is 0 Å². The number of aliphatic imine (C=N–C) groups is 1. The Morgan fingerprint density at radius 1 is 1.35 bits per heavy atom. The number of nitrogens with two attached hydrogens (primary N) is 1. The van der Waals surface area contributed by atoms with E-state index in [2.05, 4.69) is 48.1 Å². The first kappa shape index (κ1) is 17.2. The van der Waals surface area contributed by atoms with Crippen LogP contribution in [0, 0.1) is 0 Å². The van der Waals surface area contributed by atoms with Crippen molar-refractivity contribution in [2.45, 2.75) is 25.8 Å². The van der Waals surface area contributed by atoms with Crippen LogP contribution in [0.2, 0.25) is 0 Å². The van der Waals surface area contributed by atoms with Crippen molar-refractivity contribution in [1.82, 2.24) is 15.1 Å². The van der Waals surface area contributed by atoms with Gasteiger partial charge in [0.2, 0.25) is 0 Å². The summed E-state index contributed by atoms with van der Waals surface area (Å²) in [5, 5.41) is 3.19. The van der Waals surface area contributed by atoms with E-state index in [0.29, 0.717) is 12.5 Å². The predicted octanol–water partition coefficient (Wildman–Crippen LogP) is -0.0468. The van der Waals surface area contributed by atoms with Gasteiger partial charge in [0, 0.05) is 25.2 Å². The molecule has 1 aliphatic heterocycles. The highest BCUT2D eigenvalue weighted by atomic mass is 16.5. The van der Waals surface area contributed by atoms with Gasteiger partial charge in [-0.2, -0.15) is 0 Å². The standard InChI is InChI=1S/C14H31N5O/c1-14(2,18(3)4)12-17-13(15)16-6-5-7-19-8-10-20-11-9-19/h5-12H2,1-4H3,(H3,15,16,17). The van der Waals surface area contributed by atoms with Crippen LogP contribution in [-0.2, 0) is 4.74 Å². The van der Waals surface area contributed by atoms with Gasteiger partial charge in [0.1, 0.15) is 0 Å². The zero-order valence-corrected chi connectivity index (χ0v) is 13.5. The van der Waals surface area contributed by atoms with Gasteiger partial charge in [-0.05, 0) is 40.9 Å². The molecule has 1 saturated heterocycles. The first-order valence-corrected chi connectivity index (χ1v) is 7.43. The van der Waals surface area contributed by atoms with E-state index in [9.17, 15) is 0 Å². The van der Waals surface area contributed by atoms with E-state index in [1.807, 2.05) is 0 Å². The molecule has 0 atom stereocenters. The lowest BCUT2D eigenvalue weighted by Gasteiger charge is -2.30. The summed E-state index contributed by atoms with van der Waals surface area (Å²) in [6.07, 6.45) is 1.08. The van der Waals surface area contributed by atoms with E-state index in [0.717, 1.165) is 45.8 Å². The Morgan fingerprint density at radius 2 is 2.00 bits per heavy atom. The lowest BCUT2D eigenvalue weighted by molar-refractivity contribution is 0.0376. The molecule has 1 aliphatic rings. The molecule has 0 aromatic rings. The van der Waals surface area contributed by atoms with E-state index in [-0.39, 0.29) is 5.54 Å². The number of morpholine rings is 1. The Labute approximate surface area is 123 Å². The molecule has 0 unspecified atom stereocenters. The second-order valence-electron chi connectivity index (χ2n) is 6.14. The third kappa shape index (κ3) is 6.54. The Kier molecular flexibility index (Phi) is 7.26. The normalized spacial score (nSPS) is 18.6. The minimum Gasteiger partial charge on any atom is -0.379 e. The van der Waals surface area contributed by atoms with Gasteiger partial charge < -0.3 is 20.7 Å². The summed E-state index contributed by atoms with van der Waals surface area (Å²) in [6.45, 7) is 10.8. The summed E-state index contributed by atoms with van der Waals surface area (Å²) < 4.78 is 5.33. The van der Waals surface area contributed by atoms with Crippen molar-refractivity contribution >= 4 is 5.96 Å². The zero-order chi connectivity index (χ0) is 15.0. The highest BCUT2D eigenvalue weighted by molar-refractivity contribution is 5.77. The van der Waals surface area contributed by atoms with Crippen molar-refractivity contribution in [1.29, 1.82) is 0 Å². The summed E-state index contributed by atoms with van der Waals surface area (Å²) in [4.78, 5) is 8.99. The minimum absolute atomic E-state index is 0.0279. The molecule has 0 aromatic carbocycles. The van der Waals surface area contributed by atoms with Crippen molar-refractivity contribution in [2.75, 3.05) is 60.0 Å². The molecule has 0 amide bonds. The summed E-state index contributed by atoms with van der Waals surface area (Å²) in [6, 6.07) is 0. The molecule has 1 heterocycles. The van der Waals surface area contributed by atoms with Crippen LogP contribution in [0.5, 0.6) is 0 Å². The van der Waals surface area contributed by atoms with Crippen molar-refractivity contribution in [3.8, 4) is 0 Å². The molecule has 1 fully saturated rings. The molecule has 0 radical (unpaired) electrons. The predicted molar refractivity (Wildman–Crippen MR) is 84.1 cm³/mol. The average molecular weight is 285 g/mol. The minimum atomic E-state index is 0.0279. The monoisotopic (exact) mass is 285 g/mol. The van der Waals surface area contributed by atoms with Gasteiger partial charge in [-0.25, -0.2) is 0 Å². The number of hydrogen-bond acceptors (Lipinski definition) is 4. The quantitative estimate of drug-likeness (QED) is 0.390. The Bertz CT molecular complexity index is 298. The fourth-order valence-electron chi connectivity index (χ4n) is 1.82. The number of guanidine groups is 1. The molecular formula is C14H31N5O. The fourth-order valence-corrected chi connectivity index (χ4v) is 1.82. The second kappa shape index (κ2) is 8.44. The van der Waals surface area contributed by atoms with E-state index in [4.69, 9.17) is 10.5 Å². The Balaban J connectivity index is 2.14. The molecule has 118 valence electrons. The summed E-state index contributed by atoms with van der Waals surface area (Å²) in [5.41, 5.74) is 5.91. The van der Waals surface area contributed by atoms with Crippen LogP contribution in [0.15, 0.2) is 4.99 Å². The number of nitrogens with one attached hydrogen (secondary N) is 1. The van der Waals surface area contributed by atoms with Crippen LogP contribution < -0.4 is 11.1 Å². The van der Waals surface area contributed by atoms with Crippen LogP contribution in [0.1, 0.15) is 20.3 Å². The number of ether oxygens (including phenoxy) is 1. The molecule has 0 aromatic heterocycles. The third-order valence-electron chi connectivity index (χ3n) is 3.91. The first-order valence-electron chi connectivity index (χ1n) is 7.43. The molecule has 0 spiro atoms. The number of rotatable bonds is 7. The smallest absolute Gasteiger partial charge is 0.188 e. The van der Waals surface area contributed by atoms with Crippen LogP contribution >= 0.6 is 0 Å². The van der Waals surface area contributed by atoms with E-state index >= 15 is 0 Å². The Morgan fingerprint density at radius 3 is 2.60 bits per heavy atom. The fraction of sp³-hybridized carbons (Fsp3) is 0.929. The molecule has 0 bridgehead atoms. The summed E-state index contributed by atoms with van der Waals surface area (Å²) in [7, 11) is 4.11. The number of hydrogen-bond donors (Lipinski definition) is 2. The topological polar surface area (TPSA) is 66.1 Å². The molecule has 0 saturated carbocycles. The number of nitrogens with zero attached hydrogens (tertiary/aromatic N) is 3. The molecule has 3 N–H and O–H groups in total. The summed E-state index contributed by atoms with van der Waals surface area (Å²) >= 11 is 0. The van der Waals surface area contributed by atoms with Crippen LogP contribution in [0.25, 0.3) is 0 Å². The molecule has 20 heavy (non-hydrogen) atoms. The van der Waals surface area contributed by atoms with Crippen molar-refractivity contribution in [3.05, 3.63) is 0 Å². The average Bonchev–Trinajstić information content (AvgIpc) is 2.42. The van der Waals surface area contributed by atoms with Gasteiger partial charge >= 0.3 is 0 Å². The second-order valence-corrected chi connectivity index (χ2v) is 6.14. The molecule has 6 nitrogen and oxygen atoms in total. The largest absolute Gasteiger partial charge is 0.379 e. The number of likely N-dealkylation sites (N-methyl/N-ethyl adjacent to an activating group) is 1. The van der Waals surface area contributed by atoms with Crippen LogP contribution in [0.3, 0.4) is 0 Å². The molecule has 0 aliphatic carbocycles. The highest BCUT2D eigenvalue weighted by Gasteiger charge is 2.19. The van der Waals surface area contributed by atoms with Crippen molar-refractivity contribution in [3.63, 3.8) is 0 Å². The van der Waals surface area contributed by atoms with E-state index in [1.54, 1.807) is 0 Å². The van der Waals surface area contributed by atoms with Gasteiger partial charge in [0.05, 0.1) is 19.8 Å². The lowest BCUT2D eigenvalue weighted by atomic mass is 10.1. The zero-order valence-electron chi connectivity index (χ0n) is 13.5. The lowest BCUT2D eigenvalue weighted by Crippen LogP contribution is -2.43. The van der Waals surface area contributed by atoms with Crippen molar-refractivity contribution in [2.24, 2.45) is 10.7 Å². The van der Waals surface area contributed by atoms with Crippen molar-refractivity contribution < 1.29 is 4.74 Å². The highest BCUT2D eigenvalue weighted by Crippen LogP contribution is 2.09. The summed E-state index contributed by atoms with van der Waals surface area (Å²) in [5.74, 6) is 0.543. The maximum absolute atomic E-state index is 5.89. The van der Waals surface area contributed by atoms with E-state index < -0.39 is 0 Å². The SMILES string of the molecule is CN(C)C(C)(C)CN=C(N)NCCCN1CCOCC1. The van der Waals surface area contributed by atoms with E-state index in [1.165, 1.54) is 0 Å².